The van der Waals surface area contributed by atoms with Gasteiger partial charge in [0, 0.05) is 16.9 Å². The maximum Gasteiger partial charge on any atom is 0.160 e. The topological polar surface area (TPSA) is 38.0 Å². The van der Waals surface area contributed by atoms with Crippen molar-refractivity contribution in [2.75, 3.05) is 5.32 Å². The zero-order valence-corrected chi connectivity index (χ0v) is 11.9. The normalized spacial score (nSPS) is 10.3. The lowest BCUT2D eigenvalue weighted by molar-refractivity contribution is 0.629. The molecule has 2 rings (SSSR count). The first-order valence-corrected chi connectivity index (χ1v) is 6.46. The summed E-state index contributed by atoms with van der Waals surface area (Å²) < 4.78 is 13.3. The van der Waals surface area contributed by atoms with E-state index in [1.165, 1.54) is 12.1 Å². The summed E-state index contributed by atoms with van der Waals surface area (Å²) in [6.45, 7) is 0. The van der Waals surface area contributed by atoms with Crippen LogP contribution < -0.4 is 11.1 Å². The average Bonchev–Trinajstić information content (AvgIpc) is 2.36. The number of anilines is 2. The van der Waals surface area contributed by atoms with E-state index >= 15 is 0 Å². The van der Waals surface area contributed by atoms with Gasteiger partial charge in [-0.2, -0.15) is 0 Å². The van der Waals surface area contributed by atoms with Crippen LogP contribution in [0.15, 0.2) is 36.4 Å². The summed E-state index contributed by atoms with van der Waals surface area (Å²) in [6, 6.07) is 10.1. The smallest absolute Gasteiger partial charge is 0.160 e. The molecule has 0 heterocycles. The van der Waals surface area contributed by atoms with E-state index in [9.17, 15) is 4.39 Å². The van der Waals surface area contributed by atoms with Crippen LogP contribution in [0.2, 0.25) is 10.0 Å². The van der Waals surface area contributed by atoms with E-state index in [0.29, 0.717) is 16.9 Å². The number of para-hydroxylation sites is 1. The predicted molar refractivity (Wildman–Crippen MR) is 82.0 cm³/mol. The Morgan fingerprint density at radius 3 is 2.32 bits per heavy atom. The molecule has 3 N–H and O–H groups in total. The first kappa shape index (κ1) is 14.1. The summed E-state index contributed by atoms with van der Waals surface area (Å²) in [5.74, 6) is -0.642. The van der Waals surface area contributed by atoms with Gasteiger partial charge in [-0.15, -0.1) is 0 Å². The molecule has 0 aliphatic heterocycles. The van der Waals surface area contributed by atoms with Gasteiger partial charge in [0.1, 0.15) is 4.99 Å². The number of rotatable bonds is 3. The number of halogens is 3. The Labute approximate surface area is 125 Å². The lowest BCUT2D eigenvalue weighted by atomic mass is 10.1. The maximum absolute atomic E-state index is 13.3. The molecule has 0 saturated carbocycles. The summed E-state index contributed by atoms with van der Waals surface area (Å²) in [5.41, 5.74) is 7.58. The third-order valence-electron chi connectivity index (χ3n) is 2.46. The van der Waals surface area contributed by atoms with E-state index in [2.05, 4.69) is 5.32 Å². The minimum atomic E-state index is -0.642. The number of hydrogen-bond donors (Lipinski definition) is 2. The second-order valence-electron chi connectivity index (χ2n) is 3.79. The van der Waals surface area contributed by atoms with Crippen molar-refractivity contribution >= 4 is 51.8 Å². The SMILES string of the molecule is NC(=S)c1ccccc1Nc1cc(Cl)c(F)c(Cl)c1. The highest BCUT2D eigenvalue weighted by Crippen LogP contribution is 2.29. The van der Waals surface area contributed by atoms with Gasteiger partial charge in [0.25, 0.3) is 0 Å². The first-order chi connectivity index (χ1) is 8.99. The molecule has 0 bridgehead atoms. The highest BCUT2D eigenvalue weighted by Gasteiger charge is 2.09. The van der Waals surface area contributed by atoms with Gasteiger partial charge in [-0.3, -0.25) is 0 Å². The van der Waals surface area contributed by atoms with Crippen LogP contribution in [0.25, 0.3) is 0 Å². The second-order valence-corrected chi connectivity index (χ2v) is 5.04. The number of hydrogen-bond acceptors (Lipinski definition) is 2. The van der Waals surface area contributed by atoms with Gasteiger partial charge in [-0.1, -0.05) is 47.6 Å². The number of nitrogens with two attached hydrogens (primary N) is 1. The third-order valence-corrected chi connectivity index (χ3v) is 3.23. The quantitative estimate of drug-likeness (QED) is 0.646. The molecule has 0 atom stereocenters. The van der Waals surface area contributed by atoms with Crippen molar-refractivity contribution in [3.8, 4) is 0 Å². The van der Waals surface area contributed by atoms with Crippen molar-refractivity contribution in [1.82, 2.24) is 0 Å². The highest BCUT2D eigenvalue weighted by atomic mass is 35.5. The summed E-state index contributed by atoms with van der Waals surface area (Å²) >= 11 is 16.4. The molecule has 2 aromatic carbocycles. The van der Waals surface area contributed by atoms with Crippen LogP contribution in [-0.4, -0.2) is 4.99 Å². The Morgan fingerprint density at radius 1 is 1.16 bits per heavy atom. The van der Waals surface area contributed by atoms with E-state index in [1.807, 2.05) is 12.1 Å². The van der Waals surface area contributed by atoms with Gasteiger partial charge in [0.15, 0.2) is 5.82 Å². The summed E-state index contributed by atoms with van der Waals surface area (Å²) in [4.78, 5) is 0.266. The molecule has 0 radical (unpaired) electrons. The third kappa shape index (κ3) is 3.15. The Hall–Kier alpha value is -1.36. The standard InChI is InChI=1S/C13H9Cl2FN2S/c14-9-5-7(6-10(15)12(9)16)18-11-4-2-1-3-8(11)13(17)19/h1-6,18H,(H2,17,19). The number of thiocarbonyl (C=S) groups is 1. The van der Waals surface area contributed by atoms with Crippen molar-refractivity contribution in [3.63, 3.8) is 0 Å². The highest BCUT2D eigenvalue weighted by molar-refractivity contribution is 7.80. The zero-order chi connectivity index (χ0) is 14.0. The van der Waals surface area contributed by atoms with Gasteiger partial charge >= 0.3 is 0 Å². The lowest BCUT2D eigenvalue weighted by Gasteiger charge is -2.12. The fourth-order valence-electron chi connectivity index (χ4n) is 1.59. The molecule has 0 aliphatic rings. The van der Waals surface area contributed by atoms with Crippen LogP contribution in [0, 0.1) is 5.82 Å². The zero-order valence-electron chi connectivity index (χ0n) is 9.58. The van der Waals surface area contributed by atoms with Crippen molar-refractivity contribution in [2.24, 2.45) is 5.73 Å². The fraction of sp³-hybridized carbons (Fsp3) is 0. The first-order valence-electron chi connectivity index (χ1n) is 5.29. The van der Waals surface area contributed by atoms with Crippen LogP contribution in [0.3, 0.4) is 0 Å². The van der Waals surface area contributed by atoms with Gasteiger partial charge in [0.05, 0.1) is 10.0 Å². The molecule has 0 aliphatic carbocycles. The van der Waals surface area contributed by atoms with Crippen molar-refractivity contribution in [3.05, 3.63) is 57.8 Å². The molecule has 0 amide bonds. The van der Waals surface area contributed by atoms with Gasteiger partial charge < -0.3 is 11.1 Å². The minimum Gasteiger partial charge on any atom is -0.389 e. The van der Waals surface area contributed by atoms with Crippen LogP contribution >= 0.6 is 35.4 Å². The molecular formula is C13H9Cl2FN2S. The molecule has 2 nitrogen and oxygen atoms in total. The monoisotopic (exact) mass is 314 g/mol. The van der Waals surface area contributed by atoms with Gasteiger partial charge in [-0.25, -0.2) is 4.39 Å². The molecule has 0 aromatic heterocycles. The Kier molecular flexibility index (Phi) is 4.24. The number of nitrogens with one attached hydrogen (secondary N) is 1. The van der Waals surface area contributed by atoms with Crippen LogP contribution in [-0.2, 0) is 0 Å². The fourth-order valence-corrected chi connectivity index (χ4v) is 2.26. The Balaban J connectivity index is 2.39. The maximum atomic E-state index is 13.3. The van der Waals surface area contributed by atoms with Crippen LogP contribution in [0.5, 0.6) is 0 Å². The molecule has 2 aromatic rings. The summed E-state index contributed by atoms with van der Waals surface area (Å²) in [6.07, 6.45) is 0. The molecule has 98 valence electrons. The van der Waals surface area contributed by atoms with Gasteiger partial charge in [0.2, 0.25) is 0 Å². The molecule has 0 fully saturated rings. The van der Waals surface area contributed by atoms with Crippen molar-refractivity contribution in [2.45, 2.75) is 0 Å². The van der Waals surface area contributed by atoms with E-state index in [0.717, 1.165) is 0 Å². The predicted octanol–water partition coefficient (Wildman–Crippen LogP) is 4.51. The van der Waals surface area contributed by atoms with Crippen molar-refractivity contribution < 1.29 is 4.39 Å². The van der Waals surface area contributed by atoms with E-state index in [4.69, 9.17) is 41.2 Å². The van der Waals surface area contributed by atoms with Gasteiger partial charge in [-0.05, 0) is 24.3 Å². The molecule has 6 heteroatoms. The lowest BCUT2D eigenvalue weighted by Crippen LogP contribution is -2.11. The largest absolute Gasteiger partial charge is 0.389 e. The van der Waals surface area contributed by atoms with Crippen LogP contribution in [0.4, 0.5) is 15.8 Å². The van der Waals surface area contributed by atoms with E-state index < -0.39 is 5.82 Å². The van der Waals surface area contributed by atoms with E-state index in [1.54, 1.807) is 12.1 Å². The second kappa shape index (κ2) is 5.74. The molecule has 0 saturated heterocycles. The Bertz CT molecular complexity index is 623. The summed E-state index contributed by atoms with van der Waals surface area (Å²) in [5, 5.41) is 2.95. The molecule has 0 spiro atoms. The van der Waals surface area contributed by atoms with Crippen LogP contribution in [0.1, 0.15) is 5.56 Å². The minimum absolute atomic E-state index is 0.0530. The molecular weight excluding hydrogens is 306 g/mol. The molecule has 0 unspecified atom stereocenters. The van der Waals surface area contributed by atoms with E-state index in [-0.39, 0.29) is 15.0 Å². The van der Waals surface area contributed by atoms with Crippen molar-refractivity contribution in [1.29, 1.82) is 0 Å². The Morgan fingerprint density at radius 2 is 1.74 bits per heavy atom. The number of benzene rings is 2. The molecule has 19 heavy (non-hydrogen) atoms. The summed E-state index contributed by atoms with van der Waals surface area (Å²) in [7, 11) is 0. The average molecular weight is 315 g/mol.